The summed E-state index contributed by atoms with van der Waals surface area (Å²) in [5.74, 6) is 0.604. The molecule has 0 bridgehead atoms. The number of hydrogen-bond acceptors (Lipinski definition) is 5. The Morgan fingerprint density at radius 3 is 2.95 bits per heavy atom. The second-order valence-electron chi connectivity index (χ2n) is 5.91. The van der Waals surface area contributed by atoms with E-state index in [-0.39, 0.29) is 0 Å². The van der Waals surface area contributed by atoms with Crippen LogP contribution >= 0.6 is 0 Å². The molecule has 1 aliphatic heterocycles. The Balaban J connectivity index is 1.94. The molecule has 5 nitrogen and oxygen atoms in total. The van der Waals surface area contributed by atoms with Gasteiger partial charge in [-0.1, -0.05) is 0 Å². The number of pyridine rings is 1. The van der Waals surface area contributed by atoms with E-state index < -0.39 is 0 Å². The molecule has 0 aromatic carbocycles. The molecule has 3 N–H and O–H groups in total. The van der Waals surface area contributed by atoms with Gasteiger partial charge in [-0.3, -0.25) is 0 Å². The monoisotopic (exact) mass is 277 g/mol. The van der Waals surface area contributed by atoms with Crippen molar-refractivity contribution < 1.29 is 0 Å². The van der Waals surface area contributed by atoms with E-state index in [0.717, 1.165) is 32.5 Å². The molecule has 2 rings (SSSR count). The average molecular weight is 277 g/mol. The third-order valence-electron chi connectivity index (χ3n) is 4.27. The van der Waals surface area contributed by atoms with Crippen LogP contribution in [0, 0.1) is 0 Å². The Bertz CT molecular complexity index is 422. The van der Waals surface area contributed by atoms with Gasteiger partial charge in [0.05, 0.1) is 0 Å². The van der Waals surface area contributed by atoms with Crippen LogP contribution in [0.5, 0.6) is 0 Å². The molecule has 2 heterocycles. The second kappa shape index (κ2) is 7.02. The fraction of sp³-hybridized carbons (Fsp3) is 0.667. The number of aromatic nitrogens is 1. The molecular formula is C15H27N5. The first-order valence-electron chi connectivity index (χ1n) is 7.35. The van der Waals surface area contributed by atoms with Gasteiger partial charge < -0.3 is 20.9 Å². The molecule has 0 aliphatic carbocycles. The smallest absolute Gasteiger partial charge is 0.123 e. The Morgan fingerprint density at radius 1 is 1.45 bits per heavy atom. The van der Waals surface area contributed by atoms with Crippen molar-refractivity contribution in [2.75, 3.05) is 46.5 Å². The topological polar surface area (TPSA) is 57.4 Å². The van der Waals surface area contributed by atoms with Crippen molar-refractivity contribution >= 4 is 5.82 Å². The Morgan fingerprint density at radius 2 is 2.25 bits per heavy atom. The molecule has 0 spiro atoms. The zero-order valence-corrected chi connectivity index (χ0v) is 12.8. The van der Waals surface area contributed by atoms with Gasteiger partial charge in [0.2, 0.25) is 0 Å². The van der Waals surface area contributed by atoms with Crippen molar-refractivity contribution in [1.29, 1.82) is 0 Å². The largest absolute Gasteiger partial charge is 0.384 e. The molecular weight excluding hydrogens is 250 g/mol. The van der Waals surface area contributed by atoms with Crippen LogP contribution in [0.4, 0.5) is 5.82 Å². The van der Waals surface area contributed by atoms with E-state index in [1.54, 1.807) is 6.20 Å². The number of piperazine rings is 1. The number of nitrogens with one attached hydrogen (secondary N) is 1. The SMILES string of the molecule is CNC(Cc1ccnc(N)c1)CC1CN(C)CCN1C. The van der Waals surface area contributed by atoms with Gasteiger partial charge in [-0.15, -0.1) is 0 Å². The highest BCUT2D eigenvalue weighted by atomic mass is 15.3. The zero-order chi connectivity index (χ0) is 14.5. The van der Waals surface area contributed by atoms with Crippen LogP contribution in [-0.4, -0.2) is 67.6 Å². The van der Waals surface area contributed by atoms with Crippen molar-refractivity contribution in [2.45, 2.75) is 24.9 Å². The first kappa shape index (κ1) is 15.2. The zero-order valence-electron chi connectivity index (χ0n) is 12.8. The standard InChI is InChI=1S/C15H27N5/c1-17-13(8-12-4-5-18-15(16)9-12)10-14-11-19(2)6-7-20(14)3/h4-5,9,13-14,17H,6-8,10-11H2,1-3H3,(H2,16,18). The summed E-state index contributed by atoms with van der Waals surface area (Å²) in [4.78, 5) is 8.95. The molecule has 0 saturated carbocycles. The maximum Gasteiger partial charge on any atom is 0.123 e. The number of nitrogen functional groups attached to an aromatic ring is 1. The Hall–Kier alpha value is -1.17. The summed E-state index contributed by atoms with van der Waals surface area (Å²) in [5, 5.41) is 3.45. The number of likely N-dealkylation sites (N-methyl/N-ethyl adjacent to an activating group) is 3. The fourth-order valence-corrected chi connectivity index (χ4v) is 2.89. The maximum absolute atomic E-state index is 5.75. The van der Waals surface area contributed by atoms with Crippen molar-refractivity contribution in [2.24, 2.45) is 0 Å². The summed E-state index contributed by atoms with van der Waals surface area (Å²) in [5.41, 5.74) is 7.01. The van der Waals surface area contributed by atoms with Crippen LogP contribution in [-0.2, 0) is 6.42 Å². The third-order valence-corrected chi connectivity index (χ3v) is 4.27. The van der Waals surface area contributed by atoms with Crippen LogP contribution in [0.15, 0.2) is 18.3 Å². The van der Waals surface area contributed by atoms with Gasteiger partial charge in [-0.05, 0) is 51.7 Å². The van der Waals surface area contributed by atoms with E-state index in [1.807, 2.05) is 13.1 Å². The van der Waals surface area contributed by atoms with E-state index >= 15 is 0 Å². The summed E-state index contributed by atoms with van der Waals surface area (Å²) in [7, 11) is 6.48. The lowest BCUT2D eigenvalue weighted by molar-refractivity contribution is 0.102. The van der Waals surface area contributed by atoms with Gasteiger partial charge >= 0.3 is 0 Å². The minimum absolute atomic E-state index is 0.468. The van der Waals surface area contributed by atoms with Gasteiger partial charge in [0.1, 0.15) is 5.82 Å². The molecule has 2 atom stereocenters. The van der Waals surface area contributed by atoms with Gasteiger partial charge in [0, 0.05) is 37.9 Å². The molecule has 5 heteroatoms. The van der Waals surface area contributed by atoms with E-state index in [0.29, 0.717) is 17.9 Å². The molecule has 1 aliphatic rings. The molecule has 1 saturated heterocycles. The Labute approximate surface area is 122 Å². The van der Waals surface area contributed by atoms with Gasteiger partial charge in [0.15, 0.2) is 0 Å². The summed E-state index contributed by atoms with van der Waals surface area (Å²) >= 11 is 0. The molecule has 2 unspecified atom stereocenters. The first-order valence-corrected chi connectivity index (χ1v) is 7.35. The van der Waals surface area contributed by atoms with Crippen LogP contribution in [0.25, 0.3) is 0 Å². The minimum atomic E-state index is 0.468. The van der Waals surface area contributed by atoms with Crippen molar-refractivity contribution in [3.63, 3.8) is 0 Å². The van der Waals surface area contributed by atoms with E-state index in [4.69, 9.17) is 5.73 Å². The number of nitrogens with zero attached hydrogens (tertiary/aromatic N) is 3. The summed E-state index contributed by atoms with van der Waals surface area (Å²) in [6.45, 7) is 3.46. The summed E-state index contributed by atoms with van der Waals surface area (Å²) < 4.78 is 0. The highest BCUT2D eigenvalue weighted by Gasteiger charge is 2.24. The van der Waals surface area contributed by atoms with E-state index in [2.05, 4.69) is 40.3 Å². The summed E-state index contributed by atoms with van der Waals surface area (Å²) in [6, 6.07) is 5.11. The number of anilines is 1. The van der Waals surface area contributed by atoms with E-state index in [1.165, 1.54) is 5.56 Å². The summed E-state index contributed by atoms with van der Waals surface area (Å²) in [6.07, 6.45) is 3.94. The average Bonchev–Trinajstić information content (AvgIpc) is 2.42. The lowest BCUT2D eigenvalue weighted by Crippen LogP contribution is -2.52. The number of hydrogen-bond donors (Lipinski definition) is 2. The highest BCUT2D eigenvalue weighted by molar-refractivity contribution is 5.32. The van der Waals surface area contributed by atoms with Crippen molar-refractivity contribution in [1.82, 2.24) is 20.1 Å². The molecule has 0 amide bonds. The maximum atomic E-state index is 5.75. The quantitative estimate of drug-likeness (QED) is 0.817. The van der Waals surface area contributed by atoms with Crippen molar-refractivity contribution in [3.05, 3.63) is 23.9 Å². The third kappa shape index (κ3) is 4.16. The van der Waals surface area contributed by atoms with Gasteiger partial charge in [-0.25, -0.2) is 4.98 Å². The van der Waals surface area contributed by atoms with Crippen LogP contribution in [0.1, 0.15) is 12.0 Å². The first-order chi connectivity index (χ1) is 9.58. The molecule has 20 heavy (non-hydrogen) atoms. The second-order valence-corrected chi connectivity index (χ2v) is 5.91. The predicted octanol–water partition coefficient (Wildman–Crippen LogP) is 0.430. The lowest BCUT2D eigenvalue weighted by atomic mass is 9.98. The molecule has 112 valence electrons. The molecule has 1 aromatic heterocycles. The molecule has 0 radical (unpaired) electrons. The van der Waals surface area contributed by atoms with Crippen LogP contribution in [0.2, 0.25) is 0 Å². The molecule has 1 aromatic rings. The van der Waals surface area contributed by atoms with Gasteiger partial charge in [0.25, 0.3) is 0 Å². The molecule has 1 fully saturated rings. The number of rotatable bonds is 5. The van der Waals surface area contributed by atoms with Gasteiger partial charge in [-0.2, -0.15) is 0 Å². The minimum Gasteiger partial charge on any atom is -0.384 e. The lowest BCUT2D eigenvalue weighted by Gasteiger charge is -2.39. The van der Waals surface area contributed by atoms with Crippen molar-refractivity contribution in [3.8, 4) is 0 Å². The Kier molecular flexibility index (Phi) is 5.34. The fourth-order valence-electron chi connectivity index (χ4n) is 2.89. The highest BCUT2D eigenvalue weighted by Crippen LogP contribution is 2.15. The number of nitrogens with two attached hydrogens (primary N) is 1. The van der Waals surface area contributed by atoms with Crippen LogP contribution in [0.3, 0.4) is 0 Å². The predicted molar refractivity (Wildman–Crippen MR) is 83.7 cm³/mol. The van der Waals surface area contributed by atoms with Crippen LogP contribution < -0.4 is 11.1 Å². The normalized spacial score (nSPS) is 22.9. The van der Waals surface area contributed by atoms with E-state index in [9.17, 15) is 0 Å².